The predicted molar refractivity (Wildman–Crippen MR) is 58.7 cm³/mol. The molecule has 0 aliphatic heterocycles. The molecule has 4 heteroatoms. The van der Waals surface area contributed by atoms with E-state index >= 15 is 0 Å². The van der Waals surface area contributed by atoms with E-state index in [1.807, 2.05) is 6.92 Å². The van der Waals surface area contributed by atoms with E-state index in [0.717, 1.165) is 5.56 Å². The molecule has 1 aromatic rings. The smallest absolute Gasteiger partial charge is 0.180 e. The number of nitrogens with zero attached hydrogens (tertiary/aromatic N) is 1. The van der Waals surface area contributed by atoms with Gasteiger partial charge in [-0.2, -0.15) is 0 Å². The molecule has 15 heavy (non-hydrogen) atoms. The number of anilines is 1. The van der Waals surface area contributed by atoms with Crippen LogP contribution in [-0.2, 0) is 0 Å². The van der Waals surface area contributed by atoms with E-state index < -0.39 is 0 Å². The largest absolute Gasteiger partial charge is 0.383 e. The van der Waals surface area contributed by atoms with Gasteiger partial charge >= 0.3 is 0 Å². The highest BCUT2D eigenvalue weighted by atomic mass is 16.1. The molecule has 0 saturated heterocycles. The van der Waals surface area contributed by atoms with Gasteiger partial charge in [-0.1, -0.05) is 0 Å². The summed E-state index contributed by atoms with van der Waals surface area (Å²) in [7, 11) is 0. The molecule has 0 radical (unpaired) electrons. The number of hydrogen-bond donors (Lipinski definition) is 2. The van der Waals surface area contributed by atoms with Gasteiger partial charge < -0.3 is 11.1 Å². The number of carbonyl (C=O) groups is 1. The first kappa shape index (κ1) is 10.1. The van der Waals surface area contributed by atoms with E-state index in [1.165, 1.54) is 12.8 Å². The molecule has 0 bridgehead atoms. The van der Waals surface area contributed by atoms with Crippen molar-refractivity contribution in [2.45, 2.75) is 25.8 Å². The van der Waals surface area contributed by atoms with Crippen molar-refractivity contribution in [3.8, 4) is 0 Å². The normalized spacial score (nSPS) is 15.3. The average molecular weight is 205 g/mol. The summed E-state index contributed by atoms with van der Waals surface area (Å²) in [5.41, 5.74) is 7.14. The van der Waals surface area contributed by atoms with Gasteiger partial charge in [0.25, 0.3) is 0 Å². The molecule has 1 heterocycles. The third-order valence-corrected chi connectivity index (χ3v) is 2.60. The first-order valence-electron chi connectivity index (χ1n) is 5.16. The standard InChI is InChI=1S/C11H15N3O/c1-7-4-5-13-11(12)10(7)9(15)6-14-8-2-3-8/h4-5,8,14H,2-3,6H2,1H3,(H2,12,13). The summed E-state index contributed by atoms with van der Waals surface area (Å²) in [6, 6.07) is 2.34. The van der Waals surface area contributed by atoms with Gasteiger partial charge in [0.15, 0.2) is 5.78 Å². The van der Waals surface area contributed by atoms with Crippen LogP contribution < -0.4 is 11.1 Å². The molecular formula is C11H15N3O. The number of Topliss-reactive ketones (excluding diaryl/α,β-unsaturated/α-hetero) is 1. The predicted octanol–water partition coefficient (Wildman–Crippen LogP) is 0.907. The van der Waals surface area contributed by atoms with Crippen molar-refractivity contribution in [2.24, 2.45) is 0 Å². The van der Waals surface area contributed by atoms with E-state index in [0.29, 0.717) is 24.0 Å². The molecule has 1 aromatic heterocycles. The van der Waals surface area contributed by atoms with Gasteiger partial charge in [0.1, 0.15) is 5.82 Å². The van der Waals surface area contributed by atoms with Crippen molar-refractivity contribution in [3.05, 3.63) is 23.4 Å². The van der Waals surface area contributed by atoms with Gasteiger partial charge in [0, 0.05) is 12.2 Å². The molecule has 0 spiro atoms. The van der Waals surface area contributed by atoms with E-state index in [4.69, 9.17) is 5.73 Å². The average Bonchev–Trinajstić information content (AvgIpc) is 2.97. The van der Waals surface area contributed by atoms with Crippen LogP contribution in [0.15, 0.2) is 12.3 Å². The molecule has 1 aliphatic rings. The quantitative estimate of drug-likeness (QED) is 0.717. The zero-order valence-corrected chi connectivity index (χ0v) is 8.79. The van der Waals surface area contributed by atoms with Crippen molar-refractivity contribution in [1.82, 2.24) is 10.3 Å². The van der Waals surface area contributed by atoms with Crippen LogP contribution in [0.3, 0.4) is 0 Å². The van der Waals surface area contributed by atoms with Gasteiger partial charge in [-0.25, -0.2) is 4.98 Å². The van der Waals surface area contributed by atoms with Crippen LogP contribution in [0.2, 0.25) is 0 Å². The number of hydrogen-bond acceptors (Lipinski definition) is 4. The maximum atomic E-state index is 11.8. The Morgan fingerprint density at radius 2 is 2.40 bits per heavy atom. The third-order valence-electron chi connectivity index (χ3n) is 2.60. The Labute approximate surface area is 88.9 Å². The number of aryl methyl sites for hydroxylation is 1. The van der Waals surface area contributed by atoms with Crippen molar-refractivity contribution in [1.29, 1.82) is 0 Å². The Kier molecular flexibility index (Phi) is 2.68. The van der Waals surface area contributed by atoms with Gasteiger partial charge in [-0.05, 0) is 31.4 Å². The van der Waals surface area contributed by atoms with Crippen LogP contribution in [0.4, 0.5) is 5.82 Å². The summed E-state index contributed by atoms with van der Waals surface area (Å²) < 4.78 is 0. The van der Waals surface area contributed by atoms with Crippen molar-refractivity contribution < 1.29 is 4.79 Å². The van der Waals surface area contributed by atoms with Crippen molar-refractivity contribution in [2.75, 3.05) is 12.3 Å². The van der Waals surface area contributed by atoms with Crippen molar-refractivity contribution in [3.63, 3.8) is 0 Å². The molecule has 1 fully saturated rings. The SMILES string of the molecule is Cc1ccnc(N)c1C(=O)CNC1CC1. The van der Waals surface area contributed by atoms with Gasteiger partial charge in [-0.15, -0.1) is 0 Å². The zero-order chi connectivity index (χ0) is 10.8. The Bertz CT molecular complexity index is 365. The van der Waals surface area contributed by atoms with Crippen molar-refractivity contribution >= 4 is 11.6 Å². The minimum atomic E-state index is 0.0324. The molecule has 1 saturated carbocycles. The second-order valence-corrected chi connectivity index (χ2v) is 3.97. The van der Waals surface area contributed by atoms with Crippen LogP contribution in [0.1, 0.15) is 28.8 Å². The second kappa shape index (κ2) is 3.98. The summed E-state index contributed by atoms with van der Waals surface area (Å²) in [6.45, 7) is 2.24. The molecule has 3 N–H and O–H groups in total. The number of rotatable bonds is 4. The molecule has 0 atom stereocenters. The van der Waals surface area contributed by atoms with Gasteiger partial charge in [0.2, 0.25) is 0 Å². The molecule has 0 unspecified atom stereocenters. The zero-order valence-electron chi connectivity index (χ0n) is 8.79. The van der Waals surface area contributed by atoms with Crippen LogP contribution in [0.5, 0.6) is 0 Å². The number of carbonyl (C=O) groups excluding carboxylic acids is 1. The number of nitrogens with two attached hydrogens (primary N) is 1. The molecular weight excluding hydrogens is 190 g/mol. The fraction of sp³-hybridized carbons (Fsp3) is 0.455. The molecule has 4 nitrogen and oxygen atoms in total. The van der Waals surface area contributed by atoms with E-state index in [1.54, 1.807) is 12.3 Å². The monoisotopic (exact) mass is 205 g/mol. The minimum absolute atomic E-state index is 0.0324. The van der Waals surface area contributed by atoms with Crippen LogP contribution >= 0.6 is 0 Å². The van der Waals surface area contributed by atoms with E-state index in [2.05, 4.69) is 10.3 Å². The lowest BCUT2D eigenvalue weighted by Crippen LogP contribution is -2.26. The molecule has 2 rings (SSSR count). The first-order valence-corrected chi connectivity index (χ1v) is 5.16. The highest BCUT2D eigenvalue weighted by molar-refractivity contribution is 6.02. The number of aromatic nitrogens is 1. The number of ketones is 1. The van der Waals surface area contributed by atoms with Crippen LogP contribution in [0.25, 0.3) is 0 Å². The van der Waals surface area contributed by atoms with E-state index in [-0.39, 0.29) is 5.78 Å². The number of nitrogen functional groups attached to an aromatic ring is 1. The summed E-state index contributed by atoms with van der Waals surface area (Å²) in [5, 5.41) is 3.18. The number of pyridine rings is 1. The molecule has 0 aromatic carbocycles. The lowest BCUT2D eigenvalue weighted by Gasteiger charge is -2.07. The van der Waals surface area contributed by atoms with Gasteiger partial charge in [0.05, 0.1) is 12.1 Å². The summed E-state index contributed by atoms with van der Waals surface area (Å²) in [6.07, 6.45) is 3.97. The summed E-state index contributed by atoms with van der Waals surface area (Å²) in [5.74, 6) is 0.364. The summed E-state index contributed by atoms with van der Waals surface area (Å²) >= 11 is 0. The third kappa shape index (κ3) is 2.33. The minimum Gasteiger partial charge on any atom is -0.383 e. The fourth-order valence-electron chi connectivity index (χ4n) is 1.55. The van der Waals surface area contributed by atoms with Gasteiger partial charge in [-0.3, -0.25) is 4.79 Å². The molecule has 1 aliphatic carbocycles. The Balaban J connectivity index is 2.09. The number of nitrogens with one attached hydrogen (secondary N) is 1. The lowest BCUT2D eigenvalue weighted by molar-refractivity contribution is 0.0990. The maximum absolute atomic E-state index is 11.8. The maximum Gasteiger partial charge on any atom is 0.180 e. The highest BCUT2D eigenvalue weighted by Gasteiger charge is 2.22. The lowest BCUT2D eigenvalue weighted by atomic mass is 10.1. The molecule has 0 amide bonds. The Morgan fingerprint density at radius 3 is 3.00 bits per heavy atom. The van der Waals surface area contributed by atoms with E-state index in [9.17, 15) is 4.79 Å². The second-order valence-electron chi connectivity index (χ2n) is 3.97. The summed E-state index contributed by atoms with van der Waals surface area (Å²) in [4.78, 5) is 15.8. The highest BCUT2D eigenvalue weighted by Crippen LogP contribution is 2.19. The van der Waals surface area contributed by atoms with Crippen LogP contribution in [0, 0.1) is 6.92 Å². The topological polar surface area (TPSA) is 68.0 Å². The first-order chi connectivity index (χ1) is 7.18. The Morgan fingerprint density at radius 1 is 1.67 bits per heavy atom. The molecule has 80 valence electrons. The van der Waals surface area contributed by atoms with Crippen LogP contribution in [-0.4, -0.2) is 23.4 Å². The fourth-order valence-corrected chi connectivity index (χ4v) is 1.55. The Hall–Kier alpha value is -1.42.